The minimum absolute atomic E-state index is 0.0584. The Morgan fingerprint density at radius 3 is 2.65 bits per heavy atom. The van der Waals surface area contributed by atoms with Gasteiger partial charge < -0.3 is 14.8 Å². The van der Waals surface area contributed by atoms with Crippen LogP contribution >= 0.6 is 11.3 Å². The summed E-state index contributed by atoms with van der Waals surface area (Å²) in [5.41, 5.74) is 2.70. The van der Waals surface area contributed by atoms with Crippen LogP contribution in [0.25, 0.3) is 10.1 Å². The monoisotopic (exact) mass is 507 g/mol. The minimum Gasteiger partial charge on any atom is -0.492 e. The number of esters is 1. The Labute approximate surface area is 204 Å². The fraction of sp³-hybridized carbons (Fsp3) is 0.400. The van der Waals surface area contributed by atoms with Crippen molar-refractivity contribution in [3.63, 3.8) is 0 Å². The van der Waals surface area contributed by atoms with Crippen LogP contribution in [0.1, 0.15) is 30.0 Å². The number of rotatable bonds is 11. The summed E-state index contributed by atoms with van der Waals surface area (Å²) in [7, 11) is -2.14. The van der Waals surface area contributed by atoms with Crippen LogP contribution < -0.4 is 10.1 Å². The predicted octanol–water partition coefficient (Wildman–Crippen LogP) is 4.59. The molecule has 0 aliphatic rings. The van der Waals surface area contributed by atoms with Gasteiger partial charge in [-0.3, -0.25) is 4.79 Å². The maximum atomic E-state index is 13.6. The second kappa shape index (κ2) is 11.3. The van der Waals surface area contributed by atoms with E-state index in [4.69, 9.17) is 4.74 Å². The van der Waals surface area contributed by atoms with Crippen molar-refractivity contribution in [3.05, 3.63) is 58.9 Å². The molecule has 0 radical (unpaired) electrons. The highest BCUT2D eigenvalue weighted by Gasteiger charge is 2.24. The lowest BCUT2D eigenvalue weighted by atomic mass is 10.0. The summed E-state index contributed by atoms with van der Waals surface area (Å²) in [6, 6.07) is 9.79. The molecule has 0 fully saturated rings. The molecule has 0 saturated heterocycles. The van der Waals surface area contributed by atoms with Crippen molar-refractivity contribution in [3.8, 4) is 5.75 Å². The number of carbonyl (C=O) groups excluding carboxylic acids is 1. The highest BCUT2D eigenvalue weighted by molar-refractivity contribution is 7.93. The molecule has 0 bridgehead atoms. The molecule has 0 saturated carbocycles. The van der Waals surface area contributed by atoms with Gasteiger partial charge in [-0.1, -0.05) is 6.07 Å². The Kier molecular flexibility index (Phi) is 8.67. The highest BCUT2D eigenvalue weighted by Crippen LogP contribution is 2.35. The first-order valence-corrected chi connectivity index (χ1v) is 13.5. The number of hydrogen-bond donors (Lipinski definition) is 1. The van der Waals surface area contributed by atoms with E-state index in [1.165, 1.54) is 30.6 Å². The van der Waals surface area contributed by atoms with E-state index in [0.717, 1.165) is 21.6 Å². The second-order valence-electron chi connectivity index (χ2n) is 8.30. The van der Waals surface area contributed by atoms with Crippen LogP contribution in [0.15, 0.2) is 40.6 Å². The van der Waals surface area contributed by atoms with Crippen molar-refractivity contribution in [1.29, 1.82) is 0 Å². The lowest BCUT2D eigenvalue weighted by Crippen LogP contribution is -2.35. The molecule has 34 heavy (non-hydrogen) atoms. The normalized spacial score (nSPS) is 12.6. The van der Waals surface area contributed by atoms with Gasteiger partial charge in [0.25, 0.3) is 0 Å². The van der Waals surface area contributed by atoms with E-state index >= 15 is 0 Å². The fourth-order valence-corrected chi connectivity index (χ4v) is 7.19. The number of fused-ring (bicyclic) bond motifs is 1. The zero-order valence-corrected chi connectivity index (χ0v) is 21.4. The number of sulfone groups is 1. The van der Waals surface area contributed by atoms with Gasteiger partial charge >= 0.3 is 5.97 Å². The SMILES string of the molecule is COC(=O)CCc1ccc(OCCNC(C)CS(=O)(=O)c2sc3ccc(F)cc3c2C)cc1C. The quantitative estimate of drug-likeness (QED) is 0.302. The van der Waals surface area contributed by atoms with Crippen LogP contribution in [0.4, 0.5) is 4.39 Å². The van der Waals surface area contributed by atoms with E-state index < -0.39 is 9.84 Å². The molecule has 1 atom stereocenters. The van der Waals surface area contributed by atoms with E-state index in [2.05, 4.69) is 10.1 Å². The third kappa shape index (κ3) is 6.55. The Morgan fingerprint density at radius 1 is 1.18 bits per heavy atom. The van der Waals surface area contributed by atoms with Gasteiger partial charge in [0.2, 0.25) is 0 Å². The average molecular weight is 508 g/mol. The van der Waals surface area contributed by atoms with Crippen LogP contribution in [-0.4, -0.2) is 46.4 Å². The van der Waals surface area contributed by atoms with Gasteiger partial charge in [-0.15, -0.1) is 11.3 Å². The molecule has 3 aromatic rings. The second-order valence-corrected chi connectivity index (χ2v) is 11.6. The van der Waals surface area contributed by atoms with Crippen molar-refractivity contribution in [1.82, 2.24) is 5.32 Å². The van der Waals surface area contributed by atoms with E-state index in [1.54, 1.807) is 13.0 Å². The van der Waals surface area contributed by atoms with E-state index in [-0.39, 0.29) is 23.6 Å². The number of thiophene rings is 1. The first kappa shape index (κ1) is 26.1. The molecular weight excluding hydrogens is 477 g/mol. The van der Waals surface area contributed by atoms with Crippen molar-refractivity contribution in [2.75, 3.05) is 26.0 Å². The van der Waals surface area contributed by atoms with Crippen LogP contribution in [0.3, 0.4) is 0 Å². The van der Waals surface area contributed by atoms with Gasteiger partial charge in [-0.25, -0.2) is 12.8 Å². The van der Waals surface area contributed by atoms with Crippen molar-refractivity contribution < 1.29 is 27.1 Å². The van der Waals surface area contributed by atoms with Gasteiger partial charge in [0.1, 0.15) is 22.4 Å². The molecule has 1 N–H and O–H groups in total. The highest BCUT2D eigenvalue weighted by atomic mass is 32.2. The minimum atomic E-state index is -3.52. The smallest absolute Gasteiger partial charge is 0.305 e. The predicted molar refractivity (Wildman–Crippen MR) is 133 cm³/mol. The lowest BCUT2D eigenvalue weighted by molar-refractivity contribution is -0.140. The average Bonchev–Trinajstić information content (AvgIpc) is 3.12. The molecule has 6 nitrogen and oxygen atoms in total. The Hall–Kier alpha value is -2.49. The summed E-state index contributed by atoms with van der Waals surface area (Å²) in [4.78, 5) is 11.3. The summed E-state index contributed by atoms with van der Waals surface area (Å²) in [5.74, 6) is 0.0446. The van der Waals surface area contributed by atoms with E-state index in [0.29, 0.717) is 41.2 Å². The molecule has 1 aromatic heterocycles. The van der Waals surface area contributed by atoms with Crippen LogP contribution in [0, 0.1) is 19.7 Å². The molecule has 184 valence electrons. The number of benzene rings is 2. The number of nitrogens with one attached hydrogen (secondary N) is 1. The number of aryl methyl sites for hydroxylation is 3. The molecule has 0 aliphatic carbocycles. The molecule has 1 heterocycles. The standard InChI is InChI=1S/C25H30FNO5S2/c1-16-13-21(8-5-19(16)6-10-24(28)31-4)32-12-11-27-17(2)15-34(29,30)25-18(3)22-14-20(26)7-9-23(22)33-25/h5,7-9,13-14,17,27H,6,10-12,15H2,1-4H3. The Bertz CT molecular complexity index is 1270. The zero-order valence-electron chi connectivity index (χ0n) is 19.8. The Balaban J connectivity index is 1.50. The molecule has 9 heteroatoms. The van der Waals surface area contributed by atoms with Crippen molar-refractivity contribution in [2.45, 2.75) is 43.9 Å². The first-order chi connectivity index (χ1) is 16.1. The third-order valence-electron chi connectivity index (χ3n) is 5.61. The lowest BCUT2D eigenvalue weighted by Gasteiger charge is -2.15. The summed E-state index contributed by atoms with van der Waals surface area (Å²) < 4.78 is 51.0. The maximum absolute atomic E-state index is 13.6. The summed E-state index contributed by atoms with van der Waals surface area (Å²) in [5, 5.41) is 3.84. The maximum Gasteiger partial charge on any atom is 0.305 e. The largest absolute Gasteiger partial charge is 0.492 e. The van der Waals surface area contributed by atoms with Crippen LogP contribution in [0.5, 0.6) is 5.75 Å². The topological polar surface area (TPSA) is 81.7 Å². The first-order valence-electron chi connectivity index (χ1n) is 11.0. The molecule has 2 aromatic carbocycles. The zero-order chi connectivity index (χ0) is 24.9. The molecule has 3 rings (SSSR count). The number of hydrogen-bond acceptors (Lipinski definition) is 7. The van der Waals surface area contributed by atoms with E-state index in [9.17, 15) is 17.6 Å². The molecule has 0 amide bonds. The van der Waals surface area contributed by atoms with Gasteiger partial charge in [0.15, 0.2) is 9.84 Å². The van der Waals surface area contributed by atoms with Crippen molar-refractivity contribution in [2.24, 2.45) is 0 Å². The van der Waals surface area contributed by atoms with Crippen molar-refractivity contribution >= 4 is 37.2 Å². The Morgan fingerprint density at radius 2 is 1.94 bits per heavy atom. The molecule has 1 unspecified atom stereocenters. The van der Waals surface area contributed by atoms with Crippen LogP contribution in [0.2, 0.25) is 0 Å². The van der Waals surface area contributed by atoms with Crippen LogP contribution in [-0.2, 0) is 25.8 Å². The third-order valence-corrected chi connectivity index (χ3v) is 9.50. The van der Waals surface area contributed by atoms with Gasteiger partial charge in [-0.05, 0) is 79.6 Å². The molecule has 0 aliphatic heterocycles. The van der Waals surface area contributed by atoms with Gasteiger partial charge in [-0.2, -0.15) is 0 Å². The number of halogens is 1. The number of carbonyl (C=O) groups is 1. The summed E-state index contributed by atoms with van der Waals surface area (Å²) >= 11 is 1.18. The fourth-order valence-electron chi connectivity index (χ4n) is 3.78. The molecule has 0 spiro atoms. The van der Waals surface area contributed by atoms with Gasteiger partial charge in [0.05, 0.1) is 12.9 Å². The number of ether oxygens (including phenoxy) is 2. The van der Waals surface area contributed by atoms with E-state index in [1.807, 2.05) is 32.0 Å². The number of methoxy groups -OCH3 is 1. The molecular formula is C25H30FNO5S2. The van der Waals surface area contributed by atoms with Gasteiger partial charge in [0, 0.05) is 23.7 Å². The summed E-state index contributed by atoms with van der Waals surface area (Å²) in [6.07, 6.45) is 0.945. The summed E-state index contributed by atoms with van der Waals surface area (Å²) in [6.45, 7) is 6.37.